The normalized spacial score (nSPS) is 10.4. The van der Waals surface area contributed by atoms with Crippen molar-refractivity contribution in [3.8, 4) is 5.75 Å². The summed E-state index contributed by atoms with van der Waals surface area (Å²) in [6, 6.07) is 91.9. The average molecular weight is 1310 g/mol. The third kappa shape index (κ3) is 29.2. The lowest BCUT2D eigenvalue weighted by Gasteiger charge is -2.22. The lowest BCUT2D eigenvalue weighted by atomic mass is 10.2. The van der Waals surface area contributed by atoms with Gasteiger partial charge in [0, 0.05) is 47.3 Å². The van der Waals surface area contributed by atoms with Gasteiger partial charge in [0.2, 0.25) is 0 Å². The molecule has 10 rings (SSSR count). The van der Waals surface area contributed by atoms with Crippen LogP contribution in [0.2, 0.25) is 0 Å². The van der Waals surface area contributed by atoms with E-state index in [0.29, 0.717) is 36.4 Å². The number of benzene rings is 9. The molecule has 0 bridgehead atoms. The molecule has 9 aromatic carbocycles. The van der Waals surface area contributed by atoms with Crippen LogP contribution in [0.5, 0.6) is 5.75 Å². The first-order valence-electron chi connectivity index (χ1n) is 26.2. The van der Waals surface area contributed by atoms with E-state index >= 15 is 0 Å². The quantitative estimate of drug-likeness (QED) is 0.0536. The van der Waals surface area contributed by atoms with Crippen LogP contribution in [0.1, 0.15) is 22.6 Å². The summed E-state index contributed by atoms with van der Waals surface area (Å²) in [6.45, 7) is 10.1. The molecule has 0 saturated heterocycles. The maximum Gasteiger partial charge on any atom is 0.692 e. The Labute approximate surface area is 513 Å². The van der Waals surface area contributed by atoms with Crippen LogP contribution in [0, 0.1) is 6.92 Å². The van der Waals surface area contributed by atoms with Crippen molar-refractivity contribution in [3.05, 3.63) is 290 Å². The molecule has 1 aromatic heterocycles. The molecular formula is C65H69O13P7S+2. The standard InChI is InChI=1S/C20H17O2P.C19H18P.C7H8O3S.2C7H9P.C5H5O2P.2HO3P/c1-16(21)22-17-12-14-20(15-13-17)23(18-8-4-2-5-9-18)19-10-6-3-7-11-19;1-20(17-11-5-2-6-12-17,18-13-7-3-8-14-18)19-15-9-4-10-16-19;1-6-2-4-7(5-3-6)11(8,9)10;2*1-8-7-5-3-2-4-6-7;6-5(7)4-2-1-3-8-4;2*1-4(2)3/h2-15H,1H3;2-16H,1H3;2-5H,1H3,(H,8,9,10);2*2-6,8H,1H3;1-3,8H,(H,6,7);(H-,1,2,3);(H,1,2,3)/q;+1;;;;;;/p+1. The van der Waals surface area contributed by atoms with Gasteiger partial charge in [0.1, 0.15) is 55.0 Å². The van der Waals surface area contributed by atoms with Crippen LogP contribution < -0.4 is 62.1 Å². The number of ether oxygens (including phenoxy) is 1. The van der Waals surface area contributed by atoms with Crippen molar-refractivity contribution in [1.82, 2.24) is 0 Å². The lowest BCUT2D eigenvalue weighted by Crippen LogP contribution is -2.30. The van der Waals surface area contributed by atoms with Gasteiger partial charge in [-0.15, -0.1) is 18.0 Å². The summed E-state index contributed by atoms with van der Waals surface area (Å²) >= 11 is 0. The van der Waals surface area contributed by atoms with Crippen molar-refractivity contribution in [1.29, 1.82) is 0 Å². The molecule has 10 aromatic rings. The molecule has 1 heterocycles. The Hall–Kier alpha value is -6.63. The van der Waals surface area contributed by atoms with E-state index in [1.54, 1.807) is 24.3 Å². The van der Waals surface area contributed by atoms with Crippen molar-refractivity contribution in [2.24, 2.45) is 0 Å². The molecule has 0 aliphatic heterocycles. The highest BCUT2D eigenvalue weighted by atomic mass is 32.2. The second-order valence-corrected chi connectivity index (χ2v) is 29.8. The first-order valence-corrected chi connectivity index (χ1v) is 38.2. The number of rotatable bonds is 11. The Morgan fingerprint density at radius 2 is 0.837 bits per heavy atom. The lowest BCUT2D eigenvalue weighted by molar-refractivity contribution is -0.297. The molecule has 0 amide bonds. The zero-order valence-corrected chi connectivity index (χ0v) is 55.7. The van der Waals surface area contributed by atoms with Gasteiger partial charge in [-0.3, -0.25) is 4.79 Å². The van der Waals surface area contributed by atoms with Crippen LogP contribution in [-0.4, -0.2) is 54.7 Å². The number of aryl methyl sites for hydroxylation is 1. The summed E-state index contributed by atoms with van der Waals surface area (Å²) in [5, 5.41) is 21.6. The van der Waals surface area contributed by atoms with E-state index in [9.17, 15) is 27.7 Å². The third-order valence-corrected chi connectivity index (χ3v) is 22.5. The van der Waals surface area contributed by atoms with Crippen LogP contribution in [-0.2, 0) is 24.0 Å². The first-order chi connectivity index (χ1) is 41.2. The molecule has 0 saturated carbocycles. The number of carboxylic acids is 1. The molecule has 0 fully saturated rings. The Morgan fingerprint density at radius 1 is 0.523 bits per heavy atom. The Kier molecular flexibility index (Phi) is 35.5. The number of carbonyl (C=O) groups excluding carboxylic acids is 2. The number of carbonyl (C=O) groups is 2. The second kappa shape index (κ2) is 41.5. The maximum absolute atomic E-state index is 11.1. The predicted octanol–water partition coefficient (Wildman–Crippen LogP) is 8.39. The number of hydrogen-bond acceptors (Lipinski definition) is 11. The summed E-state index contributed by atoms with van der Waals surface area (Å²) in [5.41, 5.74) is 0.928. The summed E-state index contributed by atoms with van der Waals surface area (Å²) < 4.78 is 53.5. The zero-order valence-electron chi connectivity index (χ0n) is 47.8. The summed E-state index contributed by atoms with van der Waals surface area (Å²) in [7, 11) is -11.8. The Balaban J connectivity index is 0.000000277. The van der Waals surface area contributed by atoms with E-state index < -0.39 is 47.8 Å². The van der Waals surface area contributed by atoms with E-state index in [0.717, 1.165) is 5.56 Å². The molecule has 0 spiro atoms. The largest absolute Gasteiger partial charge is 0.744 e. The van der Waals surface area contributed by atoms with Gasteiger partial charge < -0.3 is 29.0 Å². The van der Waals surface area contributed by atoms with Gasteiger partial charge in [-0.05, 0) is 140 Å². The van der Waals surface area contributed by atoms with E-state index in [1.165, 1.54) is 61.5 Å². The molecule has 0 aliphatic carbocycles. The highest BCUT2D eigenvalue weighted by molar-refractivity contribution is 7.95. The van der Waals surface area contributed by atoms with Gasteiger partial charge in [0.25, 0.3) is 8.25 Å². The van der Waals surface area contributed by atoms with E-state index in [4.69, 9.17) is 33.4 Å². The molecule has 3 unspecified atom stereocenters. The SMILES string of the molecule is CC(=O)Oc1ccc([PH+](c2ccccc2)c2ccccc2)cc1.C[P+](c1ccccc1)(c1ccccc1)c1ccccc1.C[PH2+]c1ccccc1.C[PH2+]c1ccccc1.Cc1ccc(S(=O)(=O)[O-])cc1.O=C([O-])c1ccc[pH]1.O=[P+](O)O.O=[P+]([O-])[O-]. The van der Waals surface area contributed by atoms with Gasteiger partial charge in [-0.25, -0.2) is 8.42 Å². The molecule has 21 heteroatoms. The smallest absolute Gasteiger partial charge is 0.692 e. The fourth-order valence-corrected chi connectivity index (χ4v) is 15.8. The Morgan fingerprint density at radius 3 is 1.09 bits per heavy atom. The molecule has 13 nitrogen and oxygen atoms in total. The molecule has 446 valence electrons. The van der Waals surface area contributed by atoms with Gasteiger partial charge >= 0.3 is 14.2 Å². The zero-order chi connectivity index (χ0) is 63.2. The van der Waals surface area contributed by atoms with E-state index in [-0.39, 0.29) is 10.9 Å². The summed E-state index contributed by atoms with van der Waals surface area (Å²) in [5.74, 6) is 1.05. The molecule has 86 heavy (non-hydrogen) atoms. The van der Waals surface area contributed by atoms with Gasteiger partial charge in [-0.2, -0.15) is 0 Å². The minimum Gasteiger partial charge on any atom is -0.744 e. The van der Waals surface area contributed by atoms with E-state index in [2.05, 4.69) is 232 Å². The molecule has 3 atom stereocenters. The van der Waals surface area contributed by atoms with Crippen molar-refractivity contribution < 1.29 is 61.1 Å². The number of carboxylic acid groups (broad SMARTS) is 1. The third-order valence-electron chi connectivity index (χ3n) is 11.7. The number of esters is 1. The number of aromatic carboxylic acids is 1. The molecular weight excluding hydrogens is 1240 g/mol. The second-order valence-electron chi connectivity index (χ2n) is 17.8. The van der Waals surface area contributed by atoms with Crippen molar-refractivity contribution >= 4 is 122 Å². The van der Waals surface area contributed by atoms with Crippen molar-refractivity contribution in [2.45, 2.75) is 18.7 Å². The van der Waals surface area contributed by atoms with Crippen LogP contribution in [0.15, 0.2) is 284 Å². The minimum atomic E-state index is -4.27. The molecule has 0 aliphatic rings. The van der Waals surface area contributed by atoms with Gasteiger partial charge in [0.15, 0.2) is 0 Å². The fourth-order valence-electron chi connectivity index (χ4n) is 7.64. The van der Waals surface area contributed by atoms with Crippen LogP contribution in [0.4, 0.5) is 0 Å². The van der Waals surface area contributed by atoms with Gasteiger partial charge in [0.05, 0.1) is 36.1 Å². The van der Waals surface area contributed by atoms with Crippen molar-refractivity contribution in [3.63, 3.8) is 0 Å². The predicted molar refractivity (Wildman–Crippen MR) is 361 cm³/mol. The molecule has 2 N–H and O–H groups in total. The van der Waals surface area contributed by atoms with Crippen LogP contribution in [0.3, 0.4) is 0 Å². The fraction of sp³-hybridized carbons (Fsp3) is 0.0769. The monoisotopic (exact) mass is 1310 g/mol. The van der Waals surface area contributed by atoms with Crippen LogP contribution in [0.25, 0.3) is 0 Å². The Bertz CT molecular complexity index is 3390. The number of hydrogen-bond donors (Lipinski definition) is 2. The highest BCUT2D eigenvalue weighted by Crippen LogP contribution is 2.51. The summed E-state index contributed by atoms with van der Waals surface area (Å²) in [6.07, 6.45) is 0. The minimum absolute atomic E-state index is 0.178. The van der Waals surface area contributed by atoms with Gasteiger partial charge in [-0.1, -0.05) is 156 Å². The highest BCUT2D eigenvalue weighted by Gasteiger charge is 2.39. The topological polar surface area (TPSA) is 244 Å². The summed E-state index contributed by atoms with van der Waals surface area (Å²) in [4.78, 5) is 52.1. The average Bonchev–Trinajstić information content (AvgIpc) is 1.85. The van der Waals surface area contributed by atoms with Crippen LogP contribution >= 0.6 is 57.0 Å². The first kappa shape index (κ1) is 73.6. The van der Waals surface area contributed by atoms with Crippen molar-refractivity contribution in [2.75, 3.05) is 20.0 Å². The van der Waals surface area contributed by atoms with E-state index in [1.807, 2.05) is 37.0 Å². The maximum atomic E-state index is 11.1. The molecule has 0 radical (unpaired) electrons.